The van der Waals surface area contributed by atoms with Gasteiger partial charge in [0.25, 0.3) is 0 Å². The lowest BCUT2D eigenvalue weighted by Gasteiger charge is -2.20. The average molecular weight is 264 g/mol. The summed E-state index contributed by atoms with van der Waals surface area (Å²) < 4.78 is 0. The van der Waals surface area contributed by atoms with Crippen LogP contribution in [0.1, 0.15) is 58.4 Å². The van der Waals surface area contributed by atoms with Gasteiger partial charge in [0.15, 0.2) is 0 Å². The summed E-state index contributed by atoms with van der Waals surface area (Å²) in [5.74, 6) is 0. The lowest BCUT2D eigenvalue weighted by Crippen LogP contribution is -2.00. The van der Waals surface area contributed by atoms with Gasteiger partial charge in [-0.05, 0) is 122 Å². The highest BCUT2D eigenvalue weighted by Crippen LogP contribution is 2.48. The molecule has 3 rings (SSSR count). The Balaban J connectivity index is 2.75. The molecule has 0 atom stereocenters. The van der Waals surface area contributed by atoms with Crippen molar-refractivity contribution < 1.29 is 0 Å². The van der Waals surface area contributed by atoms with E-state index < -0.39 is 0 Å². The first-order chi connectivity index (χ1) is 9.29. The Morgan fingerprint density at radius 1 is 0.350 bits per heavy atom. The molecule has 2 aromatic carbocycles. The molecule has 20 heavy (non-hydrogen) atoms. The molecule has 0 unspecified atom stereocenters. The first kappa shape index (κ1) is 13.4. The van der Waals surface area contributed by atoms with E-state index in [0.29, 0.717) is 0 Å². The number of aryl methyl sites for hydroxylation is 2. The van der Waals surface area contributed by atoms with Gasteiger partial charge in [-0.3, -0.25) is 0 Å². The van der Waals surface area contributed by atoms with Gasteiger partial charge in [-0.1, -0.05) is 0 Å². The van der Waals surface area contributed by atoms with Crippen molar-refractivity contribution in [2.45, 2.75) is 55.4 Å². The Kier molecular flexibility index (Phi) is 2.67. The standard InChI is InChI=1S/C20H24/c1-9-11(3)17-12(4)10(2)14(6)19-16(8)15(7)18(13(9)5)20(17)19/h1-8H3. The van der Waals surface area contributed by atoms with Crippen LogP contribution in [0.2, 0.25) is 0 Å². The summed E-state index contributed by atoms with van der Waals surface area (Å²) in [5, 5.41) is 3.01. The van der Waals surface area contributed by atoms with Crippen LogP contribution in [0.15, 0.2) is 0 Å². The maximum absolute atomic E-state index is 2.29. The van der Waals surface area contributed by atoms with Crippen molar-refractivity contribution >= 4 is 21.9 Å². The van der Waals surface area contributed by atoms with Crippen molar-refractivity contribution in [2.24, 2.45) is 0 Å². The Bertz CT molecular complexity index is 750. The molecule has 0 heteroatoms. The second-order valence-corrected chi connectivity index (χ2v) is 6.50. The summed E-state index contributed by atoms with van der Waals surface area (Å²) >= 11 is 0. The first-order valence-corrected chi connectivity index (χ1v) is 7.50. The predicted molar refractivity (Wildman–Crippen MR) is 90.5 cm³/mol. The number of rotatable bonds is 0. The molecule has 0 nitrogen and oxygen atoms in total. The van der Waals surface area contributed by atoms with Gasteiger partial charge in [0.05, 0.1) is 0 Å². The molecule has 1 aliphatic carbocycles. The van der Waals surface area contributed by atoms with E-state index in [4.69, 9.17) is 0 Å². The van der Waals surface area contributed by atoms with E-state index in [0.717, 1.165) is 0 Å². The molecular formula is C20H24. The Morgan fingerprint density at radius 2 is 0.700 bits per heavy atom. The van der Waals surface area contributed by atoms with E-state index in [1.54, 1.807) is 0 Å². The Morgan fingerprint density at radius 3 is 1.05 bits per heavy atom. The molecule has 0 saturated carbocycles. The summed E-state index contributed by atoms with van der Waals surface area (Å²) in [4.78, 5) is 0. The van der Waals surface area contributed by atoms with Crippen LogP contribution in [0.3, 0.4) is 0 Å². The smallest absolute Gasteiger partial charge is 0.00223 e. The maximum atomic E-state index is 2.29. The minimum atomic E-state index is 1.46. The molecule has 0 bridgehead atoms. The highest BCUT2D eigenvalue weighted by molar-refractivity contribution is 6.16. The summed E-state index contributed by atoms with van der Waals surface area (Å²) in [7, 11) is 0. The van der Waals surface area contributed by atoms with Gasteiger partial charge in [0.2, 0.25) is 0 Å². The van der Waals surface area contributed by atoms with Crippen molar-refractivity contribution in [2.75, 3.05) is 0 Å². The highest BCUT2D eigenvalue weighted by Gasteiger charge is 2.26. The topological polar surface area (TPSA) is 0 Å². The molecule has 0 aliphatic heterocycles. The molecule has 0 saturated heterocycles. The van der Waals surface area contributed by atoms with Gasteiger partial charge in [0, 0.05) is 0 Å². The predicted octanol–water partition coefficient (Wildman–Crippen LogP) is 5.95. The third kappa shape index (κ3) is 1.32. The van der Waals surface area contributed by atoms with Gasteiger partial charge in [-0.25, -0.2) is 0 Å². The van der Waals surface area contributed by atoms with Crippen LogP contribution < -0.4 is 0 Å². The molecule has 0 spiro atoms. The number of hydrogen-bond acceptors (Lipinski definition) is 0. The fourth-order valence-electron chi connectivity index (χ4n) is 4.03. The van der Waals surface area contributed by atoms with Crippen LogP contribution in [0.4, 0.5) is 0 Å². The minimum absolute atomic E-state index is 1.46. The van der Waals surface area contributed by atoms with Crippen molar-refractivity contribution in [1.82, 2.24) is 0 Å². The van der Waals surface area contributed by atoms with Crippen LogP contribution in [-0.2, 0) is 0 Å². The van der Waals surface area contributed by atoms with E-state index in [-0.39, 0.29) is 0 Å². The molecule has 104 valence electrons. The summed E-state index contributed by atoms with van der Waals surface area (Å²) in [6.07, 6.45) is 0. The quantitative estimate of drug-likeness (QED) is 0.551. The fraction of sp³-hybridized carbons (Fsp3) is 0.400. The summed E-state index contributed by atoms with van der Waals surface area (Å²) in [5.41, 5.74) is 14.7. The number of allylic oxidation sites excluding steroid dienone is 2. The lowest BCUT2D eigenvalue weighted by molar-refractivity contribution is 1.24. The molecule has 0 radical (unpaired) electrons. The Hall–Kier alpha value is -1.56. The van der Waals surface area contributed by atoms with Crippen molar-refractivity contribution in [3.8, 4) is 0 Å². The molecule has 0 amide bonds. The highest BCUT2D eigenvalue weighted by atomic mass is 14.3. The largest absolute Gasteiger partial charge is 0.0440 e. The van der Waals surface area contributed by atoms with Crippen molar-refractivity contribution in [3.63, 3.8) is 0 Å². The fourth-order valence-corrected chi connectivity index (χ4v) is 4.03. The number of hydrogen-bond donors (Lipinski definition) is 0. The van der Waals surface area contributed by atoms with Gasteiger partial charge in [0.1, 0.15) is 0 Å². The zero-order valence-electron chi connectivity index (χ0n) is 14.0. The van der Waals surface area contributed by atoms with E-state index >= 15 is 0 Å². The second-order valence-electron chi connectivity index (χ2n) is 6.50. The molecule has 0 aromatic heterocycles. The van der Waals surface area contributed by atoms with Crippen LogP contribution in [0, 0.1) is 41.5 Å². The molecule has 2 aromatic rings. The third-order valence-electron chi connectivity index (χ3n) is 5.81. The monoisotopic (exact) mass is 264 g/mol. The molecule has 0 heterocycles. The van der Waals surface area contributed by atoms with Gasteiger partial charge in [-0.2, -0.15) is 0 Å². The average Bonchev–Trinajstić information content (AvgIpc) is 2.66. The summed E-state index contributed by atoms with van der Waals surface area (Å²) in [6.45, 7) is 18.3. The third-order valence-corrected chi connectivity index (χ3v) is 5.81. The van der Waals surface area contributed by atoms with Gasteiger partial charge < -0.3 is 0 Å². The van der Waals surface area contributed by atoms with E-state index in [1.807, 2.05) is 0 Å². The zero-order chi connectivity index (χ0) is 14.9. The van der Waals surface area contributed by atoms with Gasteiger partial charge >= 0.3 is 0 Å². The van der Waals surface area contributed by atoms with Crippen LogP contribution in [0.25, 0.3) is 21.9 Å². The van der Waals surface area contributed by atoms with Crippen LogP contribution in [-0.4, -0.2) is 0 Å². The minimum Gasteiger partial charge on any atom is -0.0440 e. The van der Waals surface area contributed by atoms with Crippen LogP contribution >= 0.6 is 0 Å². The molecule has 0 fully saturated rings. The molecular weight excluding hydrogens is 240 g/mol. The van der Waals surface area contributed by atoms with E-state index in [9.17, 15) is 0 Å². The molecule has 0 N–H and O–H groups in total. The second kappa shape index (κ2) is 3.97. The number of benzene rings is 2. The lowest BCUT2D eigenvalue weighted by atomic mass is 9.84. The Labute approximate surface area is 122 Å². The molecule has 1 aliphatic rings. The SMILES string of the molecule is CC1=C(C)c2c(C)c(C)c(C)c3c(C)c(C)c(C)c1c23. The zero-order valence-corrected chi connectivity index (χ0v) is 14.0. The summed E-state index contributed by atoms with van der Waals surface area (Å²) in [6, 6.07) is 0. The normalized spacial score (nSPS) is 13.8. The van der Waals surface area contributed by atoms with E-state index in [2.05, 4.69) is 55.4 Å². The van der Waals surface area contributed by atoms with E-state index in [1.165, 1.54) is 66.4 Å². The maximum Gasteiger partial charge on any atom is -0.00223 e. The van der Waals surface area contributed by atoms with Crippen molar-refractivity contribution in [1.29, 1.82) is 0 Å². The first-order valence-electron chi connectivity index (χ1n) is 7.50. The van der Waals surface area contributed by atoms with Crippen LogP contribution in [0.5, 0.6) is 0 Å². The van der Waals surface area contributed by atoms with Gasteiger partial charge in [-0.15, -0.1) is 0 Å². The van der Waals surface area contributed by atoms with Crippen molar-refractivity contribution in [3.05, 3.63) is 44.5 Å².